The van der Waals surface area contributed by atoms with Crippen molar-refractivity contribution in [2.45, 2.75) is 19.4 Å². The van der Waals surface area contributed by atoms with E-state index in [4.69, 9.17) is 0 Å². The lowest BCUT2D eigenvalue weighted by Gasteiger charge is -2.11. The summed E-state index contributed by atoms with van der Waals surface area (Å²) in [5.74, 6) is 0.737. The van der Waals surface area contributed by atoms with E-state index >= 15 is 0 Å². The molecule has 1 aromatic rings. The molecule has 0 amide bonds. The van der Waals surface area contributed by atoms with Crippen LogP contribution in [0.5, 0.6) is 0 Å². The number of rotatable bonds is 5. The molecular formula is C8H13BrN2OS2. The zero-order chi connectivity index (χ0) is 10.6. The van der Waals surface area contributed by atoms with E-state index in [0.717, 1.165) is 21.9 Å². The van der Waals surface area contributed by atoms with E-state index in [2.05, 4.69) is 33.2 Å². The smallest absolute Gasteiger partial charge is 0.183 e. The SMILES string of the molecule is CC(CCS(C)=O)Nc1nc(Br)cs1. The normalized spacial score (nSPS) is 15.1. The summed E-state index contributed by atoms with van der Waals surface area (Å²) >= 11 is 4.86. The van der Waals surface area contributed by atoms with Crippen LogP contribution in [0.1, 0.15) is 13.3 Å². The first kappa shape index (κ1) is 12.1. The van der Waals surface area contributed by atoms with E-state index in [9.17, 15) is 4.21 Å². The van der Waals surface area contributed by atoms with Gasteiger partial charge in [-0.25, -0.2) is 4.98 Å². The van der Waals surface area contributed by atoms with Gasteiger partial charge in [0.05, 0.1) is 0 Å². The fourth-order valence-corrected chi connectivity index (χ4v) is 2.89. The molecular weight excluding hydrogens is 284 g/mol. The molecule has 0 spiro atoms. The largest absolute Gasteiger partial charge is 0.359 e. The summed E-state index contributed by atoms with van der Waals surface area (Å²) in [7, 11) is -0.705. The molecule has 0 fully saturated rings. The van der Waals surface area contributed by atoms with E-state index in [1.165, 1.54) is 0 Å². The number of thiazole rings is 1. The number of nitrogens with zero attached hydrogens (tertiary/aromatic N) is 1. The van der Waals surface area contributed by atoms with Crippen molar-refractivity contribution in [2.24, 2.45) is 0 Å². The maximum atomic E-state index is 10.9. The summed E-state index contributed by atoms with van der Waals surface area (Å²) in [5.41, 5.74) is 0. The molecule has 1 rings (SSSR count). The molecule has 1 aromatic heterocycles. The Morgan fingerprint density at radius 1 is 1.79 bits per heavy atom. The molecule has 0 saturated carbocycles. The zero-order valence-corrected chi connectivity index (χ0v) is 11.3. The quantitative estimate of drug-likeness (QED) is 0.908. The molecule has 2 unspecified atom stereocenters. The Hall–Kier alpha value is 0.0600. The Morgan fingerprint density at radius 2 is 2.50 bits per heavy atom. The van der Waals surface area contributed by atoms with Crippen LogP contribution >= 0.6 is 27.3 Å². The minimum Gasteiger partial charge on any atom is -0.359 e. The minimum atomic E-state index is -0.705. The van der Waals surface area contributed by atoms with Gasteiger partial charge < -0.3 is 5.32 Å². The van der Waals surface area contributed by atoms with E-state index in [1.54, 1.807) is 17.6 Å². The number of hydrogen-bond acceptors (Lipinski definition) is 4. The summed E-state index contributed by atoms with van der Waals surface area (Å²) in [6.07, 6.45) is 2.63. The van der Waals surface area contributed by atoms with Crippen LogP contribution in [0.3, 0.4) is 0 Å². The molecule has 0 radical (unpaired) electrons. The van der Waals surface area contributed by atoms with E-state index in [1.807, 2.05) is 5.38 Å². The Kier molecular flexibility index (Phi) is 5.05. The molecule has 0 aliphatic carbocycles. The second-order valence-electron chi connectivity index (χ2n) is 3.09. The summed E-state index contributed by atoms with van der Waals surface area (Å²) in [5, 5.41) is 6.11. The van der Waals surface area contributed by atoms with Crippen LogP contribution in [0, 0.1) is 0 Å². The number of aromatic nitrogens is 1. The topological polar surface area (TPSA) is 42.0 Å². The third-order valence-corrected chi connectivity index (χ3v) is 3.98. The highest BCUT2D eigenvalue weighted by atomic mass is 79.9. The van der Waals surface area contributed by atoms with E-state index < -0.39 is 10.8 Å². The standard InChI is InChI=1S/C8H13BrN2OS2/c1-6(3-4-14(2)12)10-8-11-7(9)5-13-8/h5-6H,3-4H2,1-2H3,(H,10,11). The lowest BCUT2D eigenvalue weighted by atomic mass is 10.3. The molecule has 0 saturated heterocycles. The van der Waals surface area contributed by atoms with Gasteiger partial charge in [0.2, 0.25) is 0 Å². The van der Waals surface area contributed by atoms with Crippen LogP contribution < -0.4 is 5.32 Å². The third kappa shape index (κ3) is 4.52. The minimum absolute atomic E-state index is 0.317. The molecule has 0 bridgehead atoms. The highest BCUT2D eigenvalue weighted by Gasteiger charge is 2.05. The highest BCUT2D eigenvalue weighted by molar-refractivity contribution is 9.10. The predicted molar refractivity (Wildman–Crippen MR) is 66.4 cm³/mol. The van der Waals surface area contributed by atoms with Crippen molar-refractivity contribution in [1.82, 2.24) is 4.98 Å². The van der Waals surface area contributed by atoms with Crippen molar-refractivity contribution in [1.29, 1.82) is 0 Å². The first-order valence-corrected chi connectivity index (χ1v) is 7.65. The second-order valence-corrected chi connectivity index (χ2v) is 6.31. The van der Waals surface area contributed by atoms with Gasteiger partial charge in [0.1, 0.15) is 4.60 Å². The van der Waals surface area contributed by atoms with Crippen LogP contribution in [-0.4, -0.2) is 27.2 Å². The number of halogens is 1. The van der Waals surface area contributed by atoms with Gasteiger partial charge in [0, 0.05) is 34.2 Å². The van der Waals surface area contributed by atoms with Gasteiger partial charge in [-0.05, 0) is 29.3 Å². The zero-order valence-electron chi connectivity index (χ0n) is 8.12. The Balaban J connectivity index is 2.33. The lowest BCUT2D eigenvalue weighted by molar-refractivity contribution is 0.678. The van der Waals surface area contributed by atoms with Crippen molar-refractivity contribution < 1.29 is 4.21 Å². The van der Waals surface area contributed by atoms with Crippen molar-refractivity contribution in [3.63, 3.8) is 0 Å². The summed E-state index contributed by atoms with van der Waals surface area (Å²) in [6.45, 7) is 2.07. The molecule has 80 valence electrons. The molecule has 3 nitrogen and oxygen atoms in total. The maximum Gasteiger partial charge on any atom is 0.183 e. The molecule has 1 heterocycles. The van der Waals surface area contributed by atoms with Crippen molar-refractivity contribution >= 4 is 43.2 Å². The average molecular weight is 297 g/mol. The van der Waals surface area contributed by atoms with Gasteiger partial charge in [0.25, 0.3) is 0 Å². The number of nitrogens with one attached hydrogen (secondary N) is 1. The summed E-state index contributed by atoms with van der Waals surface area (Å²) in [6, 6.07) is 0.317. The number of anilines is 1. The molecule has 0 aliphatic heterocycles. The van der Waals surface area contributed by atoms with Gasteiger partial charge in [-0.15, -0.1) is 11.3 Å². The number of hydrogen-bond donors (Lipinski definition) is 1. The fraction of sp³-hybridized carbons (Fsp3) is 0.625. The Morgan fingerprint density at radius 3 is 3.00 bits per heavy atom. The van der Waals surface area contributed by atoms with E-state index in [0.29, 0.717) is 6.04 Å². The third-order valence-electron chi connectivity index (χ3n) is 1.68. The molecule has 2 atom stereocenters. The van der Waals surface area contributed by atoms with Crippen molar-refractivity contribution in [3.8, 4) is 0 Å². The Labute approximate surface area is 98.9 Å². The maximum absolute atomic E-state index is 10.9. The van der Waals surface area contributed by atoms with Gasteiger partial charge in [0.15, 0.2) is 5.13 Å². The van der Waals surface area contributed by atoms with Gasteiger partial charge in [-0.3, -0.25) is 4.21 Å². The second kappa shape index (κ2) is 5.82. The van der Waals surface area contributed by atoms with Crippen molar-refractivity contribution in [3.05, 3.63) is 9.98 Å². The first-order chi connectivity index (χ1) is 6.58. The van der Waals surface area contributed by atoms with Crippen LogP contribution in [-0.2, 0) is 10.8 Å². The van der Waals surface area contributed by atoms with Crippen molar-refractivity contribution in [2.75, 3.05) is 17.3 Å². The first-order valence-electron chi connectivity index (χ1n) is 4.25. The Bertz CT molecular complexity index is 316. The van der Waals surface area contributed by atoms with Crippen LogP contribution in [0.4, 0.5) is 5.13 Å². The molecule has 0 aromatic carbocycles. The van der Waals surface area contributed by atoms with Crippen LogP contribution in [0.2, 0.25) is 0 Å². The molecule has 14 heavy (non-hydrogen) atoms. The summed E-state index contributed by atoms with van der Waals surface area (Å²) < 4.78 is 11.7. The molecule has 6 heteroatoms. The monoisotopic (exact) mass is 296 g/mol. The summed E-state index contributed by atoms with van der Waals surface area (Å²) in [4.78, 5) is 4.23. The van der Waals surface area contributed by atoms with Crippen LogP contribution in [0.25, 0.3) is 0 Å². The lowest BCUT2D eigenvalue weighted by Crippen LogP contribution is -2.17. The molecule has 1 N–H and O–H groups in total. The fourth-order valence-electron chi connectivity index (χ4n) is 0.946. The van der Waals surface area contributed by atoms with Gasteiger partial charge in [-0.1, -0.05) is 0 Å². The average Bonchev–Trinajstić information content (AvgIpc) is 2.48. The van der Waals surface area contributed by atoms with Crippen LogP contribution in [0.15, 0.2) is 9.98 Å². The highest BCUT2D eigenvalue weighted by Crippen LogP contribution is 2.20. The van der Waals surface area contributed by atoms with Gasteiger partial charge >= 0.3 is 0 Å². The predicted octanol–water partition coefficient (Wildman–Crippen LogP) is 2.47. The molecule has 0 aliphatic rings. The van der Waals surface area contributed by atoms with E-state index in [-0.39, 0.29) is 0 Å². The van der Waals surface area contributed by atoms with Gasteiger partial charge in [-0.2, -0.15) is 0 Å².